The quantitative estimate of drug-likeness (QED) is 0.430. The summed E-state index contributed by atoms with van der Waals surface area (Å²) >= 11 is 0. The number of rotatable bonds is 3. The van der Waals surface area contributed by atoms with Gasteiger partial charge in [-0.2, -0.15) is 0 Å². The Morgan fingerprint density at radius 3 is 2.10 bits per heavy atom. The molecule has 0 saturated heterocycles. The molecule has 0 amide bonds. The third-order valence-electron chi connectivity index (χ3n) is 5.06. The number of fused-ring (bicyclic) bond motifs is 1. The van der Waals surface area contributed by atoms with Crippen LogP contribution in [0.1, 0.15) is 5.69 Å². The molecule has 0 fully saturated rings. The van der Waals surface area contributed by atoms with Crippen molar-refractivity contribution in [3.05, 3.63) is 101 Å². The fourth-order valence-corrected chi connectivity index (χ4v) is 3.72. The summed E-state index contributed by atoms with van der Waals surface area (Å²) in [5.41, 5.74) is 5.83. The van der Waals surface area contributed by atoms with Gasteiger partial charge in [0.05, 0.1) is 11.3 Å². The molecule has 0 spiro atoms. The molecule has 0 aliphatic heterocycles. The SMILES string of the molecule is Cc1cc(-c2c(-c3ccccc3)c3cc(-c4ccccc4)ccc3[nH]c2=O)on1. The monoisotopic (exact) mass is 378 g/mol. The van der Waals surface area contributed by atoms with Crippen molar-refractivity contribution in [2.45, 2.75) is 6.92 Å². The van der Waals surface area contributed by atoms with Crippen LogP contribution in [0.25, 0.3) is 44.5 Å². The van der Waals surface area contributed by atoms with E-state index < -0.39 is 0 Å². The van der Waals surface area contributed by atoms with Gasteiger partial charge in [0.15, 0.2) is 5.76 Å². The maximum Gasteiger partial charge on any atom is 0.260 e. The number of nitrogens with one attached hydrogen (secondary N) is 1. The zero-order valence-electron chi connectivity index (χ0n) is 15.8. The highest BCUT2D eigenvalue weighted by atomic mass is 16.5. The summed E-state index contributed by atoms with van der Waals surface area (Å²) in [7, 11) is 0. The summed E-state index contributed by atoms with van der Waals surface area (Å²) in [6.45, 7) is 1.85. The van der Waals surface area contributed by atoms with Crippen LogP contribution in [0.3, 0.4) is 0 Å². The predicted octanol–water partition coefficient (Wildman–Crippen LogP) is 5.83. The van der Waals surface area contributed by atoms with Gasteiger partial charge in [-0.15, -0.1) is 0 Å². The fraction of sp³-hybridized carbons (Fsp3) is 0.0400. The number of hydrogen-bond donors (Lipinski definition) is 1. The van der Waals surface area contributed by atoms with Gasteiger partial charge in [-0.25, -0.2) is 0 Å². The molecule has 0 saturated carbocycles. The number of H-pyrrole nitrogens is 1. The van der Waals surface area contributed by atoms with E-state index in [-0.39, 0.29) is 5.56 Å². The van der Waals surface area contributed by atoms with Crippen LogP contribution < -0.4 is 5.56 Å². The van der Waals surface area contributed by atoms with E-state index in [1.807, 2.05) is 67.6 Å². The lowest BCUT2D eigenvalue weighted by atomic mass is 9.93. The maximum absolute atomic E-state index is 13.0. The minimum Gasteiger partial charge on any atom is -0.356 e. The Morgan fingerprint density at radius 2 is 1.45 bits per heavy atom. The van der Waals surface area contributed by atoms with E-state index in [9.17, 15) is 4.79 Å². The normalized spacial score (nSPS) is 11.1. The summed E-state index contributed by atoms with van der Waals surface area (Å²) in [6, 6.07) is 28.0. The molecule has 0 aliphatic rings. The van der Waals surface area contributed by atoms with Crippen LogP contribution in [0.2, 0.25) is 0 Å². The smallest absolute Gasteiger partial charge is 0.260 e. The Hall–Kier alpha value is -3.92. The molecular weight excluding hydrogens is 360 g/mol. The highest BCUT2D eigenvalue weighted by Gasteiger charge is 2.20. The van der Waals surface area contributed by atoms with E-state index in [4.69, 9.17) is 4.52 Å². The number of aromatic amines is 1. The summed E-state index contributed by atoms with van der Waals surface area (Å²) in [6.07, 6.45) is 0. The second-order valence-electron chi connectivity index (χ2n) is 7.03. The van der Waals surface area contributed by atoms with Gasteiger partial charge in [0.2, 0.25) is 0 Å². The van der Waals surface area contributed by atoms with E-state index >= 15 is 0 Å². The van der Waals surface area contributed by atoms with Gasteiger partial charge in [0.25, 0.3) is 5.56 Å². The van der Waals surface area contributed by atoms with Crippen LogP contribution in [0, 0.1) is 6.92 Å². The first-order valence-corrected chi connectivity index (χ1v) is 9.45. The molecule has 2 heterocycles. The first kappa shape index (κ1) is 17.2. The van der Waals surface area contributed by atoms with Crippen molar-refractivity contribution in [1.29, 1.82) is 0 Å². The van der Waals surface area contributed by atoms with Crippen molar-refractivity contribution in [2.24, 2.45) is 0 Å². The lowest BCUT2D eigenvalue weighted by Crippen LogP contribution is -2.11. The van der Waals surface area contributed by atoms with Crippen LogP contribution in [-0.2, 0) is 0 Å². The Bertz CT molecular complexity index is 1370. The molecule has 4 nitrogen and oxygen atoms in total. The van der Waals surface area contributed by atoms with Crippen LogP contribution >= 0.6 is 0 Å². The van der Waals surface area contributed by atoms with Gasteiger partial charge >= 0.3 is 0 Å². The summed E-state index contributed by atoms with van der Waals surface area (Å²) in [5, 5.41) is 4.95. The number of benzene rings is 3. The molecule has 140 valence electrons. The predicted molar refractivity (Wildman–Crippen MR) is 116 cm³/mol. The Morgan fingerprint density at radius 1 is 0.759 bits per heavy atom. The first-order chi connectivity index (χ1) is 14.2. The highest BCUT2D eigenvalue weighted by molar-refractivity contribution is 6.03. The molecule has 3 aromatic carbocycles. The molecule has 0 atom stereocenters. The van der Waals surface area contributed by atoms with Crippen LogP contribution in [-0.4, -0.2) is 10.1 Å². The van der Waals surface area contributed by atoms with Gasteiger partial charge in [-0.1, -0.05) is 71.9 Å². The number of aryl methyl sites for hydroxylation is 1. The van der Waals surface area contributed by atoms with E-state index in [2.05, 4.69) is 28.3 Å². The Kier molecular flexibility index (Phi) is 4.10. The van der Waals surface area contributed by atoms with Gasteiger partial charge < -0.3 is 9.51 Å². The van der Waals surface area contributed by atoms with Crippen molar-refractivity contribution in [2.75, 3.05) is 0 Å². The molecule has 0 aliphatic carbocycles. The van der Waals surface area contributed by atoms with Crippen molar-refractivity contribution in [3.8, 4) is 33.6 Å². The zero-order valence-corrected chi connectivity index (χ0v) is 15.8. The summed E-state index contributed by atoms with van der Waals surface area (Å²) < 4.78 is 5.49. The largest absolute Gasteiger partial charge is 0.356 e. The van der Waals surface area contributed by atoms with Crippen molar-refractivity contribution in [3.63, 3.8) is 0 Å². The molecular formula is C25H18N2O2. The molecule has 1 N–H and O–H groups in total. The van der Waals surface area contributed by atoms with E-state index in [0.29, 0.717) is 11.3 Å². The van der Waals surface area contributed by atoms with Gasteiger partial charge in [-0.3, -0.25) is 4.79 Å². The lowest BCUT2D eigenvalue weighted by Gasteiger charge is -2.13. The van der Waals surface area contributed by atoms with E-state index in [1.54, 1.807) is 6.07 Å². The molecule has 2 aromatic heterocycles. The number of nitrogens with zero attached hydrogens (tertiary/aromatic N) is 1. The van der Waals surface area contributed by atoms with Gasteiger partial charge in [0.1, 0.15) is 0 Å². The van der Waals surface area contributed by atoms with Crippen LogP contribution in [0.4, 0.5) is 0 Å². The second-order valence-corrected chi connectivity index (χ2v) is 7.03. The number of aromatic nitrogens is 2. The van der Waals surface area contributed by atoms with Crippen molar-refractivity contribution < 1.29 is 4.52 Å². The van der Waals surface area contributed by atoms with Gasteiger partial charge in [-0.05, 0) is 35.7 Å². The molecule has 5 aromatic rings. The zero-order chi connectivity index (χ0) is 19.8. The highest BCUT2D eigenvalue weighted by Crippen LogP contribution is 2.36. The minimum atomic E-state index is -0.194. The second kappa shape index (κ2) is 6.91. The standard InChI is InChI=1S/C25H18N2O2/c1-16-14-22(29-27-16)24-23(18-10-6-3-7-11-18)20-15-19(17-8-4-2-5-9-17)12-13-21(20)26-25(24)28/h2-15H,1H3,(H,26,28). The Labute approximate surface area is 167 Å². The van der Waals surface area contributed by atoms with E-state index in [0.717, 1.165) is 38.9 Å². The maximum atomic E-state index is 13.0. The average Bonchev–Trinajstić information content (AvgIpc) is 3.19. The van der Waals surface area contributed by atoms with Crippen LogP contribution in [0.15, 0.2) is 94.2 Å². The molecule has 0 unspecified atom stereocenters. The van der Waals surface area contributed by atoms with Crippen molar-refractivity contribution in [1.82, 2.24) is 10.1 Å². The number of hydrogen-bond acceptors (Lipinski definition) is 3. The summed E-state index contributed by atoms with van der Waals surface area (Å²) in [5.74, 6) is 0.467. The fourth-order valence-electron chi connectivity index (χ4n) is 3.72. The number of pyridine rings is 1. The third-order valence-corrected chi connectivity index (χ3v) is 5.06. The van der Waals surface area contributed by atoms with E-state index in [1.165, 1.54) is 0 Å². The molecule has 29 heavy (non-hydrogen) atoms. The summed E-state index contributed by atoms with van der Waals surface area (Å²) in [4.78, 5) is 16.1. The van der Waals surface area contributed by atoms with Crippen molar-refractivity contribution >= 4 is 10.9 Å². The first-order valence-electron chi connectivity index (χ1n) is 9.45. The topological polar surface area (TPSA) is 58.9 Å². The molecule has 4 heteroatoms. The Balaban J connectivity index is 1.89. The minimum absolute atomic E-state index is 0.194. The lowest BCUT2D eigenvalue weighted by molar-refractivity contribution is 0.427. The average molecular weight is 378 g/mol. The van der Waals surface area contributed by atoms with Gasteiger partial charge in [0, 0.05) is 22.5 Å². The molecule has 0 radical (unpaired) electrons. The third kappa shape index (κ3) is 3.05. The molecule has 0 bridgehead atoms. The van der Waals surface area contributed by atoms with Crippen LogP contribution in [0.5, 0.6) is 0 Å². The molecule has 5 rings (SSSR count).